The SMILES string of the molecule is O=C(COc1ccccc1[N+](=O)[O-])C1CCCN1. The second-order valence-corrected chi connectivity index (χ2v) is 4.13. The molecule has 0 bridgehead atoms. The van der Waals surface area contributed by atoms with Crippen LogP contribution >= 0.6 is 0 Å². The molecule has 2 rings (SSSR count). The number of nitrogens with zero attached hydrogens (tertiary/aromatic N) is 1. The Kier molecular flexibility index (Phi) is 3.88. The van der Waals surface area contributed by atoms with Crippen molar-refractivity contribution in [3.8, 4) is 5.75 Å². The molecular weight excluding hydrogens is 236 g/mol. The van der Waals surface area contributed by atoms with Crippen LogP contribution in [-0.2, 0) is 4.79 Å². The summed E-state index contributed by atoms with van der Waals surface area (Å²) in [5.41, 5.74) is -0.121. The van der Waals surface area contributed by atoms with Crippen molar-refractivity contribution in [3.05, 3.63) is 34.4 Å². The van der Waals surface area contributed by atoms with E-state index < -0.39 is 4.92 Å². The molecule has 1 fully saturated rings. The number of benzene rings is 1. The Morgan fingerprint density at radius 3 is 2.94 bits per heavy atom. The van der Waals surface area contributed by atoms with Crippen LogP contribution in [0.3, 0.4) is 0 Å². The predicted molar refractivity (Wildman–Crippen MR) is 64.6 cm³/mol. The molecule has 0 saturated carbocycles. The van der Waals surface area contributed by atoms with Crippen LogP contribution < -0.4 is 10.1 Å². The standard InChI is InChI=1S/C12H14N2O4/c15-11(9-4-3-7-13-9)8-18-12-6-2-1-5-10(12)14(16)17/h1-2,5-6,9,13H,3-4,7-8H2. The van der Waals surface area contributed by atoms with Crippen LogP contribution in [0.15, 0.2) is 24.3 Å². The molecule has 0 spiro atoms. The van der Waals surface area contributed by atoms with E-state index in [4.69, 9.17) is 4.74 Å². The van der Waals surface area contributed by atoms with Crippen LogP contribution in [0, 0.1) is 10.1 Å². The maximum Gasteiger partial charge on any atom is 0.310 e. The van der Waals surface area contributed by atoms with Gasteiger partial charge in [-0.1, -0.05) is 12.1 Å². The van der Waals surface area contributed by atoms with Gasteiger partial charge in [-0.2, -0.15) is 0 Å². The molecule has 1 N–H and O–H groups in total. The lowest BCUT2D eigenvalue weighted by Gasteiger charge is -2.10. The zero-order chi connectivity index (χ0) is 13.0. The van der Waals surface area contributed by atoms with Gasteiger partial charge in [0.15, 0.2) is 11.5 Å². The minimum atomic E-state index is -0.520. The highest BCUT2D eigenvalue weighted by molar-refractivity contribution is 5.85. The fourth-order valence-corrected chi connectivity index (χ4v) is 1.94. The highest BCUT2D eigenvalue weighted by atomic mass is 16.6. The van der Waals surface area contributed by atoms with E-state index in [1.165, 1.54) is 12.1 Å². The van der Waals surface area contributed by atoms with Gasteiger partial charge in [-0.05, 0) is 25.5 Å². The van der Waals surface area contributed by atoms with Gasteiger partial charge < -0.3 is 10.1 Å². The molecule has 1 saturated heterocycles. The lowest BCUT2D eigenvalue weighted by molar-refractivity contribution is -0.385. The maximum atomic E-state index is 11.7. The van der Waals surface area contributed by atoms with Gasteiger partial charge in [-0.25, -0.2) is 0 Å². The molecule has 6 heteroatoms. The Hall–Kier alpha value is -1.95. The van der Waals surface area contributed by atoms with Gasteiger partial charge in [0, 0.05) is 6.07 Å². The normalized spacial score (nSPS) is 18.6. The molecule has 0 radical (unpaired) electrons. The number of Topliss-reactive ketones (excluding diaryl/α,β-unsaturated/α-hetero) is 1. The molecule has 1 aliphatic heterocycles. The molecule has 1 heterocycles. The van der Waals surface area contributed by atoms with Crippen LogP contribution in [0.25, 0.3) is 0 Å². The molecular formula is C12H14N2O4. The van der Waals surface area contributed by atoms with E-state index in [9.17, 15) is 14.9 Å². The first-order chi connectivity index (χ1) is 8.68. The van der Waals surface area contributed by atoms with Crippen molar-refractivity contribution in [1.82, 2.24) is 5.32 Å². The summed E-state index contributed by atoms with van der Waals surface area (Å²) in [6, 6.07) is 5.88. The Balaban J connectivity index is 1.97. The summed E-state index contributed by atoms with van der Waals surface area (Å²) in [5, 5.41) is 13.8. The Bertz CT molecular complexity index is 455. The third-order valence-corrected chi connectivity index (χ3v) is 2.88. The zero-order valence-electron chi connectivity index (χ0n) is 9.80. The number of ketones is 1. The summed E-state index contributed by atoms with van der Waals surface area (Å²) in [5.74, 6) is 0.0690. The molecule has 0 aromatic heterocycles. The largest absolute Gasteiger partial charge is 0.479 e. The van der Waals surface area contributed by atoms with Crippen molar-refractivity contribution < 1.29 is 14.5 Å². The quantitative estimate of drug-likeness (QED) is 0.629. The van der Waals surface area contributed by atoms with Crippen LogP contribution in [0.1, 0.15) is 12.8 Å². The molecule has 1 aromatic rings. The molecule has 6 nitrogen and oxygen atoms in total. The van der Waals surface area contributed by atoms with Gasteiger partial charge >= 0.3 is 5.69 Å². The minimum Gasteiger partial charge on any atom is -0.479 e. The van der Waals surface area contributed by atoms with Crippen LogP contribution in [0.4, 0.5) is 5.69 Å². The number of rotatable bonds is 5. The number of hydrogen-bond donors (Lipinski definition) is 1. The fourth-order valence-electron chi connectivity index (χ4n) is 1.94. The number of carbonyl (C=O) groups excluding carboxylic acids is 1. The highest BCUT2D eigenvalue weighted by Gasteiger charge is 2.23. The summed E-state index contributed by atoms with van der Waals surface area (Å²) >= 11 is 0. The Morgan fingerprint density at radius 2 is 2.28 bits per heavy atom. The maximum absolute atomic E-state index is 11.7. The highest BCUT2D eigenvalue weighted by Crippen LogP contribution is 2.25. The summed E-state index contributed by atoms with van der Waals surface area (Å²) in [6.07, 6.45) is 1.78. The smallest absolute Gasteiger partial charge is 0.310 e. The van der Waals surface area contributed by atoms with E-state index >= 15 is 0 Å². The summed E-state index contributed by atoms with van der Waals surface area (Å²) in [4.78, 5) is 22.0. The van der Waals surface area contributed by atoms with Crippen LogP contribution in [0.5, 0.6) is 5.75 Å². The van der Waals surface area contributed by atoms with E-state index in [0.717, 1.165) is 19.4 Å². The van der Waals surface area contributed by atoms with E-state index in [-0.39, 0.29) is 29.9 Å². The van der Waals surface area contributed by atoms with Gasteiger partial charge in [0.2, 0.25) is 0 Å². The van der Waals surface area contributed by atoms with Crippen molar-refractivity contribution in [3.63, 3.8) is 0 Å². The number of para-hydroxylation sites is 2. The average molecular weight is 250 g/mol. The lowest BCUT2D eigenvalue weighted by atomic mass is 10.1. The fraction of sp³-hybridized carbons (Fsp3) is 0.417. The second kappa shape index (κ2) is 5.59. The van der Waals surface area contributed by atoms with Crippen molar-refractivity contribution >= 4 is 11.5 Å². The van der Waals surface area contributed by atoms with E-state index in [1.54, 1.807) is 12.1 Å². The van der Waals surface area contributed by atoms with Gasteiger partial charge in [0.05, 0.1) is 11.0 Å². The molecule has 0 amide bonds. The number of ether oxygens (including phenoxy) is 1. The molecule has 1 aromatic carbocycles. The Labute approximate surface area is 104 Å². The monoisotopic (exact) mass is 250 g/mol. The number of nitro benzene ring substituents is 1. The predicted octanol–water partition coefficient (Wildman–Crippen LogP) is 1.29. The van der Waals surface area contributed by atoms with Crippen LogP contribution in [-0.4, -0.2) is 29.9 Å². The summed E-state index contributed by atoms with van der Waals surface area (Å²) in [7, 11) is 0. The first kappa shape index (κ1) is 12.5. The van der Waals surface area contributed by atoms with Gasteiger partial charge in [0.1, 0.15) is 6.61 Å². The van der Waals surface area contributed by atoms with Gasteiger partial charge in [-0.3, -0.25) is 14.9 Å². The minimum absolute atomic E-state index is 0.0642. The third kappa shape index (κ3) is 2.84. The molecule has 1 atom stereocenters. The van der Waals surface area contributed by atoms with Gasteiger partial charge in [-0.15, -0.1) is 0 Å². The Morgan fingerprint density at radius 1 is 1.50 bits per heavy atom. The first-order valence-electron chi connectivity index (χ1n) is 5.81. The van der Waals surface area contributed by atoms with Crippen molar-refractivity contribution in [2.75, 3.05) is 13.2 Å². The van der Waals surface area contributed by atoms with E-state index in [2.05, 4.69) is 5.32 Å². The first-order valence-corrected chi connectivity index (χ1v) is 5.81. The third-order valence-electron chi connectivity index (χ3n) is 2.88. The van der Waals surface area contributed by atoms with Crippen molar-refractivity contribution in [2.45, 2.75) is 18.9 Å². The zero-order valence-corrected chi connectivity index (χ0v) is 9.80. The summed E-state index contributed by atoms with van der Waals surface area (Å²) < 4.78 is 5.24. The summed E-state index contributed by atoms with van der Waals surface area (Å²) in [6.45, 7) is 0.699. The molecule has 0 aliphatic carbocycles. The van der Waals surface area contributed by atoms with Gasteiger partial charge in [0.25, 0.3) is 0 Å². The molecule has 1 unspecified atom stereocenters. The molecule has 96 valence electrons. The van der Waals surface area contributed by atoms with E-state index in [1.807, 2.05) is 0 Å². The average Bonchev–Trinajstić information content (AvgIpc) is 2.90. The van der Waals surface area contributed by atoms with Crippen molar-refractivity contribution in [2.24, 2.45) is 0 Å². The lowest BCUT2D eigenvalue weighted by Crippen LogP contribution is -2.34. The van der Waals surface area contributed by atoms with E-state index in [0.29, 0.717) is 0 Å². The molecule has 1 aliphatic rings. The topological polar surface area (TPSA) is 81.5 Å². The number of carbonyl (C=O) groups is 1. The second-order valence-electron chi connectivity index (χ2n) is 4.13. The van der Waals surface area contributed by atoms with Crippen LogP contribution in [0.2, 0.25) is 0 Å². The number of nitro groups is 1. The molecule has 18 heavy (non-hydrogen) atoms. The number of hydrogen-bond acceptors (Lipinski definition) is 5. The number of nitrogens with one attached hydrogen (secondary N) is 1. The van der Waals surface area contributed by atoms with Crippen molar-refractivity contribution in [1.29, 1.82) is 0 Å².